The van der Waals surface area contributed by atoms with Crippen LogP contribution in [0, 0.1) is 0 Å². The summed E-state index contributed by atoms with van der Waals surface area (Å²) in [5.41, 5.74) is 1.10. The second-order valence-corrected chi connectivity index (χ2v) is 8.25. The molecule has 0 saturated heterocycles. The molecular weight excluding hydrogens is 363 g/mol. The lowest BCUT2D eigenvalue weighted by atomic mass is 10.2. The molecular formula is C15H16Cl3N2OS+. The van der Waals surface area contributed by atoms with Crippen LogP contribution in [0.25, 0.3) is 0 Å². The molecule has 0 radical (unpaired) electrons. The van der Waals surface area contributed by atoms with Crippen LogP contribution in [-0.2, 0) is 6.54 Å². The maximum atomic E-state index is 12.2. The third-order valence-electron chi connectivity index (χ3n) is 3.17. The summed E-state index contributed by atoms with van der Waals surface area (Å²) >= 11 is 19.5. The highest BCUT2D eigenvalue weighted by molar-refractivity contribution is 7.12. The maximum absolute atomic E-state index is 12.2. The van der Waals surface area contributed by atoms with Gasteiger partial charge < -0.3 is 4.90 Å². The molecule has 0 spiro atoms. The van der Waals surface area contributed by atoms with E-state index in [9.17, 15) is 4.79 Å². The van der Waals surface area contributed by atoms with Gasteiger partial charge in [0.15, 0.2) is 0 Å². The van der Waals surface area contributed by atoms with Crippen LogP contribution in [0.15, 0.2) is 47.8 Å². The molecule has 0 aliphatic heterocycles. The molecule has 2 rings (SSSR count). The lowest BCUT2D eigenvalue weighted by Gasteiger charge is -2.30. The molecule has 1 unspecified atom stereocenters. The molecule has 1 aromatic heterocycles. The number of hydrogen-bond acceptors (Lipinski definition) is 2. The summed E-state index contributed by atoms with van der Waals surface area (Å²) < 4.78 is -1.61. The number of carbonyl (C=O) groups excluding carboxylic acids is 1. The summed E-state index contributed by atoms with van der Waals surface area (Å²) in [6, 6.07) is 13.4. The molecule has 2 aromatic rings. The van der Waals surface area contributed by atoms with Gasteiger partial charge >= 0.3 is 0 Å². The fourth-order valence-corrected chi connectivity index (χ4v) is 3.46. The Labute approximate surface area is 148 Å². The molecule has 0 aliphatic carbocycles. The molecule has 0 fully saturated rings. The van der Waals surface area contributed by atoms with Crippen LogP contribution >= 0.6 is 46.1 Å². The number of nitrogens with one attached hydrogen (secondary N) is 2. The van der Waals surface area contributed by atoms with Gasteiger partial charge in [0.2, 0.25) is 6.17 Å². The molecule has 0 aliphatic rings. The van der Waals surface area contributed by atoms with E-state index < -0.39 is 9.96 Å². The first-order valence-electron chi connectivity index (χ1n) is 6.65. The lowest BCUT2D eigenvalue weighted by Crippen LogP contribution is -3.15. The number of benzene rings is 1. The number of carbonyl (C=O) groups is 1. The summed E-state index contributed by atoms with van der Waals surface area (Å²) in [5, 5.41) is 4.65. The van der Waals surface area contributed by atoms with Gasteiger partial charge in [0, 0.05) is 5.56 Å². The highest BCUT2D eigenvalue weighted by Gasteiger charge is 2.41. The van der Waals surface area contributed by atoms with Gasteiger partial charge in [-0.05, 0) is 11.4 Å². The largest absolute Gasteiger partial charge is 0.310 e. The maximum Gasteiger partial charge on any atom is 0.265 e. The zero-order valence-corrected chi connectivity index (χ0v) is 14.9. The number of amides is 1. The van der Waals surface area contributed by atoms with E-state index in [0.717, 1.165) is 10.5 Å². The average Bonchev–Trinajstić information content (AvgIpc) is 2.98. The minimum absolute atomic E-state index is 0.237. The monoisotopic (exact) mass is 377 g/mol. The smallest absolute Gasteiger partial charge is 0.265 e. The fraction of sp³-hybridized carbons (Fsp3) is 0.267. The van der Waals surface area contributed by atoms with Crippen molar-refractivity contribution >= 4 is 52.0 Å². The van der Waals surface area contributed by atoms with Crippen molar-refractivity contribution in [2.45, 2.75) is 16.5 Å². The molecule has 1 amide bonds. The predicted molar refractivity (Wildman–Crippen MR) is 92.9 cm³/mol. The van der Waals surface area contributed by atoms with E-state index in [2.05, 4.69) is 5.32 Å². The topological polar surface area (TPSA) is 33.5 Å². The predicted octanol–water partition coefficient (Wildman–Crippen LogP) is 2.89. The van der Waals surface area contributed by atoms with Crippen LogP contribution in [0.4, 0.5) is 0 Å². The molecule has 0 saturated carbocycles. The minimum atomic E-state index is -1.61. The Balaban J connectivity index is 2.10. The first kappa shape index (κ1) is 17.6. The van der Waals surface area contributed by atoms with Crippen LogP contribution in [-0.4, -0.2) is 22.9 Å². The van der Waals surface area contributed by atoms with Crippen LogP contribution in [0.2, 0.25) is 0 Å². The number of quaternary nitrogens is 1. The SMILES string of the molecule is C[NH+](Cc1ccccc1)[C@@H](NC(=O)c1cccs1)C(Cl)(Cl)Cl. The minimum Gasteiger partial charge on any atom is -0.310 e. The number of rotatable bonds is 5. The van der Waals surface area contributed by atoms with Crippen LogP contribution < -0.4 is 10.2 Å². The van der Waals surface area contributed by atoms with Crippen molar-refractivity contribution in [1.82, 2.24) is 5.32 Å². The van der Waals surface area contributed by atoms with Gasteiger partial charge in [-0.15, -0.1) is 11.3 Å². The van der Waals surface area contributed by atoms with Gasteiger partial charge in [0.25, 0.3) is 9.70 Å². The van der Waals surface area contributed by atoms with Gasteiger partial charge in [-0.1, -0.05) is 71.2 Å². The zero-order chi connectivity index (χ0) is 16.2. The van der Waals surface area contributed by atoms with Crippen molar-refractivity contribution in [3.8, 4) is 0 Å². The van der Waals surface area contributed by atoms with Crippen molar-refractivity contribution in [3.05, 3.63) is 58.3 Å². The normalized spacial score (nSPS) is 14.4. The average molecular weight is 379 g/mol. The molecule has 1 aromatic carbocycles. The van der Waals surface area contributed by atoms with E-state index in [1.54, 1.807) is 6.07 Å². The number of alkyl halides is 3. The third-order valence-corrected chi connectivity index (χ3v) is 4.69. The lowest BCUT2D eigenvalue weighted by molar-refractivity contribution is -0.921. The van der Waals surface area contributed by atoms with Gasteiger partial charge in [-0.2, -0.15) is 0 Å². The van der Waals surface area contributed by atoms with Crippen LogP contribution in [0.5, 0.6) is 0 Å². The van der Waals surface area contributed by atoms with Gasteiger partial charge in [0.05, 0.1) is 11.9 Å². The molecule has 22 heavy (non-hydrogen) atoms. The van der Waals surface area contributed by atoms with Gasteiger partial charge in [0.1, 0.15) is 6.54 Å². The Bertz CT molecular complexity index is 599. The van der Waals surface area contributed by atoms with Crippen molar-refractivity contribution in [2.24, 2.45) is 0 Å². The molecule has 7 heteroatoms. The quantitative estimate of drug-likeness (QED) is 0.609. The second kappa shape index (κ2) is 7.66. The van der Waals surface area contributed by atoms with Crippen LogP contribution in [0.3, 0.4) is 0 Å². The molecule has 1 heterocycles. The Kier molecular flexibility index (Phi) is 6.12. The summed E-state index contributed by atoms with van der Waals surface area (Å²) in [4.78, 5) is 13.7. The van der Waals surface area contributed by atoms with Crippen LogP contribution in [0.1, 0.15) is 15.2 Å². The fourth-order valence-electron chi connectivity index (χ4n) is 2.11. The first-order chi connectivity index (χ1) is 10.4. The standard InChI is InChI=1S/C15H15Cl3N2OS/c1-20(10-11-6-3-2-4-7-11)14(15(16,17)18)19-13(21)12-8-5-9-22-12/h2-9,14H,10H2,1H3,(H,19,21)/p+1/t14-/m1/s1. The first-order valence-corrected chi connectivity index (χ1v) is 8.66. The van der Waals surface area contributed by atoms with E-state index >= 15 is 0 Å². The third kappa shape index (κ3) is 4.86. The second-order valence-electron chi connectivity index (χ2n) is 4.93. The Hall–Kier alpha value is -0.780. The van der Waals surface area contributed by atoms with Gasteiger partial charge in [-0.3, -0.25) is 10.1 Å². The Morgan fingerprint density at radius 3 is 2.45 bits per heavy atom. The number of hydrogen-bond donors (Lipinski definition) is 2. The summed E-state index contributed by atoms with van der Waals surface area (Å²) in [6.07, 6.45) is -0.660. The molecule has 3 nitrogen and oxygen atoms in total. The Morgan fingerprint density at radius 1 is 1.23 bits per heavy atom. The molecule has 2 atom stereocenters. The van der Waals surface area contributed by atoms with E-state index in [0.29, 0.717) is 11.4 Å². The van der Waals surface area contributed by atoms with Crippen molar-refractivity contribution < 1.29 is 9.69 Å². The summed E-state index contributed by atoms with van der Waals surface area (Å²) in [7, 11) is 1.88. The van der Waals surface area contributed by atoms with E-state index in [-0.39, 0.29) is 5.91 Å². The molecule has 118 valence electrons. The van der Waals surface area contributed by atoms with Crippen molar-refractivity contribution in [1.29, 1.82) is 0 Å². The molecule has 0 bridgehead atoms. The number of thiophene rings is 1. The highest BCUT2D eigenvalue weighted by Crippen LogP contribution is 2.28. The van der Waals surface area contributed by atoms with Crippen molar-refractivity contribution in [3.63, 3.8) is 0 Å². The summed E-state index contributed by atoms with van der Waals surface area (Å²) in [5.74, 6) is -0.237. The molecule has 2 N–H and O–H groups in total. The van der Waals surface area contributed by atoms with Gasteiger partial charge in [-0.25, -0.2) is 0 Å². The highest BCUT2D eigenvalue weighted by atomic mass is 35.6. The summed E-state index contributed by atoms with van der Waals surface area (Å²) in [6.45, 7) is 0.629. The van der Waals surface area contributed by atoms with Crippen molar-refractivity contribution in [2.75, 3.05) is 7.05 Å². The van der Waals surface area contributed by atoms with E-state index in [1.165, 1.54) is 11.3 Å². The van der Waals surface area contributed by atoms with E-state index in [4.69, 9.17) is 34.8 Å². The number of halogens is 3. The van der Waals surface area contributed by atoms with E-state index in [1.807, 2.05) is 48.8 Å². The Morgan fingerprint density at radius 2 is 1.91 bits per heavy atom. The zero-order valence-electron chi connectivity index (χ0n) is 11.9.